The molecule has 2 aliphatic rings. The van der Waals surface area contributed by atoms with Crippen LogP contribution in [-0.2, 0) is 10.8 Å². The molecule has 3 atom stereocenters. The van der Waals surface area contributed by atoms with E-state index in [9.17, 15) is 0 Å². The van der Waals surface area contributed by atoms with E-state index in [4.69, 9.17) is 0 Å². The second-order valence-corrected chi connectivity index (χ2v) is 21.8. The Morgan fingerprint density at radius 2 is 0.980 bits per heavy atom. The average molecular weight is 671 g/mol. The minimum absolute atomic E-state index is 0.134. The number of allylic oxidation sites excluding steroid dienone is 2. The van der Waals surface area contributed by atoms with Gasteiger partial charge in [-0.2, -0.15) is 0 Å². The van der Waals surface area contributed by atoms with Crippen molar-refractivity contribution < 1.29 is 0 Å². The van der Waals surface area contributed by atoms with Crippen LogP contribution in [0.1, 0.15) is 107 Å². The second kappa shape index (κ2) is 12.5. The highest BCUT2D eigenvalue weighted by atomic mass is 28.3. The molecule has 0 saturated heterocycles. The summed E-state index contributed by atoms with van der Waals surface area (Å²) >= 11 is 0. The number of fused-ring (bicyclic) bond motifs is 2. The maximum absolute atomic E-state index is 2.70. The lowest BCUT2D eigenvalue weighted by Crippen LogP contribution is -2.56. The molecule has 1 heteroatoms. The highest BCUT2D eigenvalue weighted by Gasteiger charge is 2.52. The minimum Gasteiger partial charge on any atom is -0.0675 e. The van der Waals surface area contributed by atoms with Crippen molar-refractivity contribution in [2.75, 3.05) is 0 Å². The van der Waals surface area contributed by atoms with Crippen LogP contribution in [0, 0.1) is 5.92 Å². The molecule has 0 aliphatic heterocycles. The van der Waals surface area contributed by atoms with Crippen LogP contribution >= 0.6 is 0 Å². The molecule has 5 aromatic rings. The second-order valence-electron chi connectivity index (χ2n) is 17.5. The van der Waals surface area contributed by atoms with Gasteiger partial charge in [-0.3, -0.25) is 0 Å². The zero-order chi connectivity index (χ0) is 35.6. The summed E-state index contributed by atoms with van der Waals surface area (Å²) in [7, 11) is -2.40. The summed E-state index contributed by atoms with van der Waals surface area (Å²) in [5.74, 6) is 0.442. The van der Waals surface area contributed by atoms with E-state index < -0.39 is 8.07 Å². The molecule has 0 spiro atoms. The molecule has 0 N–H and O–H groups in total. The van der Waals surface area contributed by atoms with Crippen LogP contribution in [-0.4, -0.2) is 8.07 Å². The zero-order valence-corrected chi connectivity index (χ0v) is 32.9. The normalized spacial score (nSPS) is 18.4. The van der Waals surface area contributed by atoms with E-state index in [0.29, 0.717) is 17.0 Å². The summed E-state index contributed by atoms with van der Waals surface area (Å²) in [6, 6.07) is 44.5. The van der Waals surface area contributed by atoms with Crippen LogP contribution < -0.4 is 5.19 Å². The summed E-state index contributed by atoms with van der Waals surface area (Å²) in [5.41, 5.74) is 18.0. The molecule has 0 aromatic heterocycles. The average Bonchev–Trinajstić information content (AvgIpc) is 3.66. The minimum atomic E-state index is -2.40. The van der Waals surface area contributed by atoms with Crippen molar-refractivity contribution in [2.45, 2.75) is 90.8 Å². The maximum Gasteiger partial charge on any atom is 0.106 e. The van der Waals surface area contributed by atoms with Gasteiger partial charge < -0.3 is 0 Å². The van der Waals surface area contributed by atoms with Gasteiger partial charge in [-0.15, -0.1) is 0 Å². The van der Waals surface area contributed by atoms with Crippen LogP contribution in [0.4, 0.5) is 0 Å². The Balaban J connectivity index is 1.40. The van der Waals surface area contributed by atoms with Crippen molar-refractivity contribution >= 4 is 25.4 Å². The van der Waals surface area contributed by atoms with Crippen molar-refractivity contribution in [1.29, 1.82) is 0 Å². The third kappa shape index (κ3) is 5.78. The summed E-state index contributed by atoms with van der Waals surface area (Å²) in [4.78, 5) is 0. The van der Waals surface area contributed by atoms with Crippen molar-refractivity contribution in [3.63, 3.8) is 0 Å². The van der Waals surface area contributed by atoms with Crippen LogP contribution in [0.3, 0.4) is 0 Å². The van der Waals surface area contributed by atoms with Crippen LogP contribution in [0.25, 0.3) is 34.4 Å². The van der Waals surface area contributed by atoms with Crippen LogP contribution in [0.5, 0.6) is 0 Å². The molecule has 0 nitrogen and oxygen atoms in total. The van der Waals surface area contributed by atoms with Gasteiger partial charge in [0.1, 0.15) is 8.07 Å². The predicted molar refractivity (Wildman–Crippen MR) is 221 cm³/mol. The molecule has 254 valence electrons. The lowest BCUT2D eigenvalue weighted by Gasteiger charge is -2.43. The van der Waals surface area contributed by atoms with E-state index in [0.717, 1.165) is 0 Å². The largest absolute Gasteiger partial charge is 0.106 e. The van der Waals surface area contributed by atoms with Gasteiger partial charge in [0.15, 0.2) is 0 Å². The fraction of sp³-hybridized carbons (Fsp3) is 0.306. The lowest BCUT2D eigenvalue weighted by molar-refractivity contribution is 0.590. The molecule has 50 heavy (non-hydrogen) atoms. The van der Waals surface area contributed by atoms with Gasteiger partial charge in [0.2, 0.25) is 0 Å². The van der Waals surface area contributed by atoms with E-state index in [-0.39, 0.29) is 10.8 Å². The standard InChI is InChI=1S/C49H54Si/c1-32(2)43-31-45-40(35-24-28-37(29-25-35)49(7,8)9)19-15-21-42(45)47(43)50(10,38-16-12-11-13-17-38)46-33(3)30-44-39(18-14-20-41(44)46)34-22-26-36(27-23-34)48(4,5)6/h11-32,46-47H,1-10H3. The van der Waals surface area contributed by atoms with Gasteiger partial charge in [-0.25, -0.2) is 0 Å². The SMILES string of the molecule is CC1=Cc2c(-c3ccc(C(C)(C)C)cc3)cccc2C1[Si](C)(c1ccccc1)C1C(C(C)C)=Cc2c(-c3ccc(C(C)(C)C)cc3)cccc21. The van der Waals surface area contributed by atoms with E-state index in [2.05, 4.69) is 196 Å². The quantitative estimate of drug-likeness (QED) is 0.158. The molecule has 0 saturated carbocycles. The van der Waals surface area contributed by atoms with E-state index in [1.807, 2.05) is 0 Å². The first-order valence-corrected chi connectivity index (χ1v) is 21.3. The summed E-state index contributed by atoms with van der Waals surface area (Å²) in [6.45, 7) is 23.7. The maximum atomic E-state index is 2.70. The third-order valence-corrected chi connectivity index (χ3v) is 17.1. The van der Waals surface area contributed by atoms with E-state index in [1.54, 1.807) is 5.57 Å². The summed E-state index contributed by atoms with van der Waals surface area (Å²) < 4.78 is 0. The molecule has 0 radical (unpaired) electrons. The van der Waals surface area contributed by atoms with Gasteiger partial charge >= 0.3 is 0 Å². The Labute approximate surface area is 303 Å². The van der Waals surface area contributed by atoms with Gasteiger partial charge in [0.25, 0.3) is 0 Å². The highest BCUT2D eigenvalue weighted by molar-refractivity contribution is 6.94. The van der Waals surface area contributed by atoms with Gasteiger partial charge in [-0.1, -0.05) is 206 Å². The molecule has 2 aliphatic carbocycles. The van der Waals surface area contributed by atoms with Crippen LogP contribution in [0.15, 0.2) is 126 Å². The predicted octanol–water partition coefficient (Wildman–Crippen LogP) is 13.0. The Bertz CT molecular complexity index is 2090. The first kappa shape index (κ1) is 34.3. The van der Waals surface area contributed by atoms with Crippen molar-refractivity contribution in [2.24, 2.45) is 5.92 Å². The number of benzene rings is 5. The molecular formula is C49H54Si. The fourth-order valence-electron chi connectivity index (χ4n) is 9.04. The topological polar surface area (TPSA) is 0 Å². The Kier molecular flexibility index (Phi) is 8.59. The Hall–Kier alpha value is -4.20. The molecule has 0 fully saturated rings. The zero-order valence-electron chi connectivity index (χ0n) is 31.9. The molecule has 3 unspecified atom stereocenters. The first-order chi connectivity index (χ1) is 23.7. The monoisotopic (exact) mass is 670 g/mol. The van der Waals surface area contributed by atoms with Gasteiger partial charge in [0.05, 0.1) is 0 Å². The van der Waals surface area contributed by atoms with Crippen LogP contribution in [0.2, 0.25) is 6.55 Å². The van der Waals surface area contributed by atoms with E-state index >= 15 is 0 Å². The molecule has 0 bridgehead atoms. The van der Waals surface area contributed by atoms with Gasteiger partial charge in [-0.05, 0) is 79.3 Å². The number of hydrogen-bond acceptors (Lipinski definition) is 0. The van der Waals surface area contributed by atoms with Gasteiger partial charge in [0, 0.05) is 11.1 Å². The molecule has 0 amide bonds. The smallest absolute Gasteiger partial charge is 0.0675 e. The van der Waals surface area contributed by atoms with Crippen molar-refractivity contribution in [3.05, 3.63) is 160 Å². The van der Waals surface area contributed by atoms with E-state index in [1.165, 1.54) is 66.4 Å². The molecule has 5 aromatic carbocycles. The lowest BCUT2D eigenvalue weighted by atomic mass is 9.86. The Morgan fingerprint density at radius 3 is 1.44 bits per heavy atom. The fourth-order valence-corrected chi connectivity index (χ4v) is 14.9. The first-order valence-electron chi connectivity index (χ1n) is 18.6. The van der Waals surface area contributed by atoms with Crippen molar-refractivity contribution in [1.82, 2.24) is 0 Å². The summed E-state index contributed by atoms with van der Waals surface area (Å²) in [5, 5.41) is 1.54. The molecular weight excluding hydrogens is 617 g/mol. The highest BCUT2D eigenvalue weighted by Crippen LogP contribution is 2.55. The number of hydrogen-bond donors (Lipinski definition) is 0. The Morgan fingerprint density at radius 1 is 0.520 bits per heavy atom. The third-order valence-electron chi connectivity index (χ3n) is 11.8. The summed E-state index contributed by atoms with van der Waals surface area (Å²) in [6.07, 6.45) is 5.12. The van der Waals surface area contributed by atoms with Crippen molar-refractivity contribution in [3.8, 4) is 22.3 Å². The molecule has 7 rings (SSSR count). The number of rotatable bonds is 6. The molecule has 0 heterocycles.